The molecule has 6 nitrogen and oxygen atoms in total. The third kappa shape index (κ3) is 10.3. The standard InChI is InChI=1S/C31H33F2NO5S.C6H14/c1-5-37-28(35)17-21-9-6-7-12-27(21)39-19-20-15-22-13-14-38-30(22)25(16-20)23-10-8-11-24(29(23)33)26(18-32)34-40(36)31(2,3)4;1-3-5-6-4-2/h6-16,26,34H,5,17-19H2,1-4H3;3-6H2,1-2H3/t26?,40-;/m0./s1. The van der Waals surface area contributed by atoms with Crippen LogP contribution in [0.1, 0.15) is 90.0 Å². The van der Waals surface area contributed by atoms with Crippen molar-refractivity contribution < 1.29 is 32.0 Å². The van der Waals surface area contributed by atoms with Crippen molar-refractivity contribution in [1.82, 2.24) is 4.72 Å². The highest BCUT2D eigenvalue weighted by Crippen LogP contribution is 2.36. The molecule has 0 saturated carbocycles. The summed E-state index contributed by atoms with van der Waals surface area (Å²) in [7, 11) is 0. The van der Waals surface area contributed by atoms with Crippen LogP contribution in [0.5, 0.6) is 5.75 Å². The monoisotopic (exact) mass is 655 g/mol. The summed E-state index contributed by atoms with van der Waals surface area (Å²) in [6.07, 6.45) is 7.14. The van der Waals surface area contributed by atoms with Crippen LogP contribution in [-0.4, -0.2) is 28.6 Å². The molecule has 46 heavy (non-hydrogen) atoms. The number of rotatable bonds is 14. The Morgan fingerprint density at radius 3 is 2.37 bits per heavy atom. The summed E-state index contributed by atoms with van der Waals surface area (Å²) < 4.78 is 61.6. The number of carbonyl (C=O) groups is 1. The molecule has 0 fully saturated rings. The molecule has 1 N–H and O–H groups in total. The average molecular weight is 656 g/mol. The number of halogens is 2. The number of esters is 1. The van der Waals surface area contributed by atoms with Gasteiger partial charge in [-0.2, -0.15) is 0 Å². The SMILES string of the molecule is CCCCCC.CCOC(=O)Cc1ccccc1OCc1cc(-c2cccc(C(CF)N[S@@+]([O-])C(C)(C)C)c2F)c2occc2c1. The fourth-order valence-electron chi connectivity index (χ4n) is 4.76. The van der Waals surface area contributed by atoms with Crippen LogP contribution in [0.15, 0.2) is 71.3 Å². The number of alkyl halides is 1. The van der Waals surface area contributed by atoms with E-state index in [4.69, 9.17) is 13.9 Å². The summed E-state index contributed by atoms with van der Waals surface area (Å²) in [6, 6.07) is 16.3. The summed E-state index contributed by atoms with van der Waals surface area (Å²) in [5.74, 6) is -0.427. The van der Waals surface area contributed by atoms with Gasteiger partial charge < -0.3 is 18.4 Å². The van der Waals surface area contributed by atoms with Crippen molar-refractivity contribution in [1.29, 1.82) is 0 Å². The molecule has 0 aliphatic carbocycles. The van der Waals surface area contributed by atoms with Crippen LogP contribution < -0.4 is 9.46 Å². The Morgan fingerprint density at radius 1 is 1.00 bits per heavy atom. The summed E-state index contributed by atoms with van der Waals surface area (Å²) in [5.41, 5.74) is 2.70. The lowest BCUT2D eigenvalue weighted by atomic mass is 9.96. The number of hydrogen-bond acceptors (Lipinski definition) is 6. The number of benzene rings is 3. The van der Waals surface area contributed by atoms with Crippen molar-refractivity contribution in [3.63, 3.8) is 0 Å². The van der Waals surface area contributed by atoms with Crippen LogP contribution in [0.3, 0.4) is 0 Å². The highest BCUT2D eigenvalue weighted by atomic mass is 32.2. The number of fused-ring (bicyclic) bond motifs is 1. The second-order valence-corrected chi connectivity index (χ2v) is 14.0. The van der Waals surface area contributed by atoms with E-state index in [1.54, 1.807) is 64.1 Å². The first-order valence-electron chi connectivity index (χ1n) is 15.9. The van der Waals surface area contributed by atoms with E-state index in [-0.39, 0.29) is 30.1 Å². The van der Waals surface area contributed by atoms with Crippen molar-refractivity contribution in [2.75, 3.05) is 13.3 Å². The van der Waals surface area contributed by atoms with Gasteiger partial charge in [0.15, 0.2) is 0 Å². The molecule has 1 aromatic heterocycles. The maximum Gasteiger partial charge on any atom is 0.310 e. The Balaban J connectivity index is 0.000000875. The fourth-order valence-corrected chi connectivity index (χ4v) is 5.56. The number of unbranched alkanes of at least 4 members (excludes halogenated alkanes) is 3. The smallest absolute Gasteiger partial charge is 0.310 e. The van der Waals surface area contributed by atoms with E-state index in [0.717, 1.165) is 10.9 Å². The number of hydrogen-bond donors (Lipinski definition) is 1. The normalized spacial score (nSPS) is 12.7. The van der Waals surface area contributed by atoms with Crippen molar-refractivity contribution in [2.24, 2.45) is 0 Å². The molecule has 3 aromatic carbocycles. The molecule has 0 bridgehead atoms. The summed E-state index contributed by atoms with van der Waals surface area (Å²) in [5, 5.41) is 0.745. The number of carbonyl (C=O) groups excluding carboxylic acids is 1. The minimum Gasteiger partial charge on any atom is -0.598 e. The zero-order valence-corrected chi connectivity index (χ0v) is 28.6. The molecule has 0 aliphatic rings. The highest BCUT2D eigenvalue weighted by Gasteiger charge is 2.31. The van der Waals surface area contributed by atoms with Gasteiger partial charge in [-0.3, -0.25) is 4.79 Å². The molecule has 0 radical (unpaired) electrons. The first-order valence-corrected chi connectivity index (χ1v) is 17.1. The Morgan fingerprint density at radius 2 is 1.72 bits per heavy atom. The molecule has 0 spiro atoms. The quantitative estimate of drug-likeness (QED) is 0.0828. The molecule has 0 saturated heterocycles. The van der Waals surface area contributed by atoms with Crippen molar-refractivity contribution in [3.05, 3.63) is 89.4 Å². The van der Waals surface area contributed by atoms with Gasteiger partial charge in [-0.05, 0) is 57.5 Å². The number of ether oxygens (including phenoxy) is 2. The predicted octanol–water partition coefficient (Wildman–Crippen LogP) is 9.57. The minimum atomic E-state index is -1.60. The van der Waals surface area contributed by atoms with E-state index in [2.05, 4.69) is 18.6 Å². The van der Waals surface area contributed by atoms with E-state index in [9.17, 15) is 13.7 Å². The molecule has 1 heterocycles. The van der Waals surface area contributed by atoms with E-state index in [1.165, 1.54) is 38.0 Å². The van der Waals surface area contributed by atoms with Crippen LogP contribution in [0.4, 0.5) is 8.78 Å². The Labute approximate surface area is 275 Å². The lowest BCUT2D eigenvalue weighted by molar-refractivity contribution is -0.142. The highest BCUT2D eigenvalue weighted by molar-refractivity contribution is 7.90. The van der Waals surface area contributed by atoms with Gasteiger partial charge in [0, 0.05) is 39.0 Å². The van der Waals surface area contributed by atoms with Crippen LogP contribution >= 0.6 is 0 Å². The molecule has 250 valence electrons. The van der Waals surface area contributed by atoms with Gasteiger partial charge in [-0.25, -0.2) is 8.78 Å². The maximum atomic E-state index is 16.0. The summed E-state index contributed by atoms with van der Waals surface area (Å²) in [4.78, 5) is 12.0. The molecular formula is C37H47F2NO5S. The van der Waals surface area contributed by atoms with Crippen LogP contribution in [-0.2, 0) is 33.9 Å². The third-order valence-electron chi connectivity index (χ3n) is 7.23. The molecule has 1 unspecified atom stereocenters. The van der Waals surface area contributed by atoms with E-state index in [0.29, 0.717) is 29.1 Å². The van der Waals surface area contributed by atoms with Gasteiger partial charge in [0.1, 0.15) is 41.2 Å². The van der Waals surface area contributed by atoms with Gasteiger partial charge >= 0.3 is 5.97 Å². The molecule has 0 amide bonds. The van der Waals surface area contributed by atoms with Crippen LogP contribution in [0, 0.1) is 5.82 Å². The topological polar surface area (TPSA) is 83.8 Å². The van der Waals surface area contributed by atoms with E-state index >= 15 is 4.39 Å². The average Bonchev–Trinajstić information content (AvgIpc) is 3.51. The zero-order valence-electron chi connectivity index (χ0n) is 27.8. The van der Waals surface area contributed by atoms with Gasteiger partial charge in [0.25, 0.3) is 0 Å². The minimum absolute atomic E-state index is 0.0758. The second kappa shape index (κ2) is 18.1. The van der Waals surface area contributed by atoms with Gasteiger partial charge in [-0.15, -0.1) is 4.72 Å². The van der Waals surface area contributed by atoms with Crippen LogP contribution in [0.25, 0.3) is 22.1 Å². The zero-order chi connectivity index (χ0) is 33.7. The number of furan rings is 1. The van der Waals surface area contributed by atoms with Gasteiger partial charge in [0.2, 0.25) is 0 Å². The molecule has 2 atom stereocenters. The molecule has 9 heteroatoms. The number of para-hydroxylation sites is 1. The molecule has 4 rings (SSSR count). The van der Waals surface area contributed by atoms with Crippen molar-refractivity contribution >= 4 is 28.3 Å². The largest absolute Gasteiger partial charge is 0.598 e. The maximum absolute atomic E-state index is 16.0. The van der Waals surface area contributed by atoms with Crippen molar-refractivity contribution in [3.8, 4) is 16.9 Å². The van der Waals surface area contributed by atoms with Crippen molar-refractivity contribution in [2.45, 2.75) is 91.0 Å². The van der Waals surface area contributed by atoms with Gasteiger partial charge in [-0.1, -0.05) is 75.9 Å². The predicted molar refractivity (Wildman–Crippen MR) is 182 cm³/mol. The van der Waals surface area contributed by atoms with E-state index in [1.807, 2.05) is 18.2 Å². The fraction of sp³-hybridized carbons (Fsp3) is 0.432. The lowest BCUT2D eigenvalue weighted by Crippen LogP contribution is -2.42. The summed E-state index contributed by atoms with van der Waals surface area (Å²) >= 11 is -1.60. The molecular weight excluding hydrogens is 608 g/mol. The Hall–Kier alpha value is -3.40. The molecule has 0 aliphatic heterocycles. The van der Waals surface area contributed by atoms with Crippen LogP contribution in [0.2, 0.25) is 0 Å². The molecule has 4 aromatic rings. The summed E-state index contributed by atoms with van der Waals surface area (Å²) in [6.45, 7) is 11.0. The Kier molecular flexibility index (Phi) is 14.6. The Bertz CT molecular complexity index is 1530. The van der Waals surface area contributed by atoms with Gasteiger partial charge in [0.05, 0.1) is 19.3 Å². The number of nitrogens with one attached hydrogen (secondary N) is 1. The first-order chi connectivity index (χ1) is 22.0. The van der Waals surface area contributed by atoms with E-state index < -0.39 is 34.6 Å². The third-order valence-corrected chi connectivity index (χ3v) is 8.84. The lowest BCUT2D eigenvalue weighted by Gasteiger charge is -2.27. The second-order valence-electron chi connectivity index (χ2n) is 12.0. The first kappa shape index (κ1) is 37.1.